The number of halogens is 3. The van der Waals surface area contributed by atoms with Gasteiger partial charge in [0.15, 0.2) is 0 Å². The van der Waals surface area contributed by atoms with Crippen molar-refractivity contribution in [2.24, 2.45) is 0 Å². The van der Waals surface area contributed by atoms with Crippen LogP contribution in [0.15, 0.2) is 0 Å². The third-order valence-electron chi connectivity index (χ3n) is 0.635. The fourth-order valence-electron chi connectivity index (χ4n) is 0.168. The SMILES string of the molecule is CC(SSC(Cl)(Cl)Cl)C(=O)O. The van der Waals surface area contributed by atoms with Gasteiger partial charge < -0.3 is 5.11 Å². The molecule has 0 radical (unpaired) electrons. The second-order valence-corrected chi connectivity index (χ2v) is 7.32. The average molecular weight is 256 g/mol. The normalized spacial score (nSPS) is 14.5. The van der Waals surface area contributed by atoms with Crippen LogP contribution in [-0.2, 0) is 4.79 Å². The molecule has 0 aliphatic rings. The van der Waals surface area contributed by atoms with Crippen molar-refractivity contribution in [3.63, 3.8) is 0 Å². The largest absolute Gasteiger partial charge is 0.480 e. The number of hydrogen-bond donors (Lipinski definition) is 1. The maximum atomic E-state index is 10.3. The number of rotatable bonds is 3. The van der Waals surface area contributed by atoms with Gasteiger partial charge in [-0.05, 0) is 17.7 Å². The summed E-state index contributed by atoms with van der Waals surface area (Å²) in [6.45, 7) is 1.52. The summed E-state index contributed by atoms with van der Waals surface area (Å²) in [4.78, 5) is 10.3. The first-order valence-electron chi connectivity index (χ1n) is 2.47. The summed E-state index contributed by atoms with van der Waals surface area (Å²) in [7, 11) is 1.91. The van der Waals surface area contributed by atoms with Gasteiger partial charge in [0.25, 0.3) is 0 Å². The summed E-state index contributed by atoms with van der Waals surface area (Å²) >= 11 is 16.1. The van der Waals surface area contributed by atoms with Crippen molar-refractivity contribution < 1.29 is 9.90 Å². The molecule has 0 saturated carbocycles. The highest BCUT2D eigenvalue weighted by atomic mass is 35.6. The van der Waals surface area contributed by atoms with Crippen LogP contribution >= 0.6 is 56.4 Å². The van der Waals surface area contributed by atoms with E-state index in [1.165, 1.54) is 6.92 Å². The van der Waals surface area contributed by atoms with Gasteiger partial charge in [-0.2, -0.15) is 0 Å². The molecule has 0 spiro atoms. The standard InChI is InChI=1S/C4H5Cl3O2S2/c1-2(3(8)9)10-11-4(5,6)7/h2H,1H3,(H,8,9). The van der Waals surface area contributed by atoms with E-state index in [1.807, 2.05) is 0 Å². The molecule has 0 aliphatic heterocycles. The third-order valence-corrected chi connectivity index (χ3v) is 4.83. The highest BCUT2D eigenvalue weighted by Gasteiger charge is 2.24. The Morgan fingerprint density at radius 2 is 2.00 bits per heavy atom. The number of aliphatic carboxylic acids is 1. The molecule has 11 heavy (non-hydrogen) atoms. The van der Waals surface area contributed by atoms with Crippen LogP contribution in [0.1, 0.15) is 6.92 Å². The van der Waals surface area contributed by atoms with Crippen molar-refractivity contribution in [1.82, 2.24) is 0 Å². The monoisotopic (exact) mass is 254 g/mol. The highest BCUT2D eigenvalue weighted by Crippen LogP contribution is 2.47. The molecule has 1 unspecified atom stereocenters. The summed E-state index contributed by atoms with van der Waals surface area (Å²) in [5.74, 6) is -0.920. The van der Waals surface area contributed by atoms with Crippen LogP contribution in [0.3, 0.4) is 0 Å². The van der Waals surface area contributed by atoms with E-state index in [-0.39, 0.29) is 0 Å². The summed E-state index contributed by atoms with van der Waals surface area (Å²) in [5.41, 5.74) is 0. The lowest BCUT2D eigenvalue weighted by Crippen LogP contribution is -2.10. The summed E-state index contributed by atoms with van der Waals surface area (Å²) in [6, 6.07) is 0. The molecule has 66 valence electrons. The quantitative estimate of drug-likeness (QED) is 0.621. The molecule has 0 aromatic carbocycles. The Kier molecular flexibility index (Phi) is 5.38. The van der Waals surface area contributed by atoms with Crippen LogP contribution in [-0.4, -0.2) is 19.5 Å². The lowest BCUT2D eigenvalue weighted by atomic mass is 10.5. The van der Waals surface area contributed by atoms with Crippen LogP contribution in [0.25, 0.3) is 0 Å². The van der Waals surface area contributed by atoms with E-state index in [0.717, 1.165) is 21.6 Å². The van der Waals surface area contributed by atoms with Crippen molar-refractivity contribution >= 4 is 62.4 Å². The predicted octanol–water partition coefficient (Wildman–Crippen LogP) is 3.17. The molecule has 0 heterocycles. The molecule has 1 atom stereocenters. The smallest absolute Gasteiger partial charge is 0.317 e. The Bertz CT molecular complexity index is 147. The van der Waals surface area contributed by atoms with Gasteiger partial charge in [0.05, 0.1) is 0 Å². The predicted molar refractivity (Wildman–Crippen MR) is 52.6 cm³/mol. The van der Waals surface area contributed by atoms with Crippen LogP contribution in [0, 0.1) is 0 Å². The van der Waals surface area contributed by atoms with Gasteiger partial charge >= 0.3 is 5.97 Å². The summed E-state index contributed by atoms with van der Waals surface area (Å²) in [6.07, 6.45) is 0. The number of alkyl halides is 3. The highest BCUT2D eigenvalue weighted by molar-refractivity contribution is 8.78. The minimum absolute atomic E-state index is 0.573. The Balaban J connectivity index is 3.63. The van der Waals surface area contributed by atoms with Crippen molar-refractivity contribution in [2.75, 3.05) is 0 Å². The molecular formula is C4H5Cl3O2S2. The maximum absolute atomic E-state index is 10.3. The number of carboxylic acid groups (broad SMARTS) is 1. The van der Waals surface area contributed by atoms with E-state index in [1.54, 1.807) is 0 Å². The lowest BCUT2D eigenvalue weighted by molar-refractivity contribution is -0.136. The lowest BCUT2D eigenvalue weighted by Gasteiger charge is -2.10. The average Bonchev–Trinajstić information content (AvgIpc) is 1.80. The van der Waals surface area contributed by atoms with Crippen LogP contribution in [0.2, 0.25) is 0 Å². The van der Waals surface area contributed by atoms with Gasteiger partial charge in [0.2, 0.25) is 3.12 Å². The Labute approximate surface area is 87.3 Å². The van der Waals surface area contributed by atoms with Gasteiger partial charge in [-0.3, -0.25) is 4.79 Å². The van der Waals surface area contributed by atoms with Crippen molar-refractivity contribution in [3.05, 3.63) is 0 Å². The Hall–Kier alpha value is 1.04. The minimum atomic E-state index is -1.45. The zero-order valence-electron chi connectivity index (χ0n) is 5.38. The zero-order valence-corrected chi connectivity index (χ0v) is 9.28. The number of carboxylic acids is 1. The minimum Gasteiger partial charge on any atom is -0.480 e. The van der Waals surface area contributed by atoms with E-state index < -0.39 is 14.3 Å². The molecule has 7 heteroatoms. The number of hydrogen-bond acceptors (Lipinski definition) is 3. The second-order valence-electron chi connectivity index (χ2n) is 1.61. The van der Waals surface area contributed by atoms with E-state index in [9.17, 15) is 4.79 Å². The van der Waals surface area contributed by atoms with Gasteiger partial charge in [0.1, 0.15) is 5.25 Å². The Morgan fingerprint density at radius 1 is 1.55 bits per heavy atom. The molecule has 1 N–H and O–H groups in total. The van der Waals surface area contributed by atoms with E-state index >= 15 is 0 Å². The van der Waals surface area contributed by atoms with Crippen molar-refractivity contribution in [3.8, 4) is 0 Å². The number of carbonyl (C=O) groups is 1. The second kappa shape index (κ2) is 4.92. The molecule has 2 nitrogen and oxygen atoms in total. The van der Waals surface area contributed by atoms with Gasteiger partial charge in [0, 0.05) is 0 Å². The first-order chi connectivity index (χ1) is 4.83. The van der Waals surface area contributed by atoms with Crippen LogP contribution in [0.5, 0.6) is 0 Å². The first kappa shape index (κ1) is 12.0. The van der Waals surface area contributed by atoms with E-state index in [4.69, 9.17) is 39.9 Å². The maximum Gasteiger partial charge on any atom is 0.317 e. The molecule has 0 aromatic rings. The topological polar surface area (TPSA) is 37.3 Å². The molecule has 0 bridgehead atoms. The summed E-state index contributed by atoms with van der Waals surface area (Å²) in [5, 5.41) is 7.84. The summed E-state index contributed by atoms with van der Waals surface area (Å²) < 4.78 is -1.45. The molecule has 0 aromatic heterocycles. The Morgan fingerprint density at radius 3 is 2.27 bits per heavy atom. The van der Waals surface area contributed by atoms with E-state index in [2.05, 4.69) is 0 Å². The van der Waals surface area contributed by atoms with Crippen molar-refractivity contribution in [2.45, 2.75) is 15.3 Å². The third kappa shape index (κ3) is 7.40. The molecule has 0 saturated heterocycles. The molecule has 0 aliphatic carbocycles. The molecular weight excluding hydrogens is 251 g/mol. The van der Waals surface area contributed by atoms with Crippen LogP contribution < -0.4 is 0 Å². The molecule has 0 amide bonds. The fourth-order valence-corrected chi connectivity index (χ4v) is 2.49. The van der Waals surface area contributed by atoms with Gasteiger partial charge in [-0.25, -0.2) is 0 Å². The molecule has 0 rings (SSSR count). The molecule has 0 fully saturated rings. The first-order valence-corrected chi connectivity index (χ1v) is 5.81. The van der Waals surface area contributed by atoms with Crippen molar-refractivity contribution in [1.29, 1.82) is 0 Å². The zero-order chi connectivity index (χ0) is 9.07. The fraction of sp³-hybridized carbons (Fsp3) is 0.750. The van der Waals surface area contributed by atoms with Crippen LogP contribution in [0.4, 0.5) is 0 Å². The van der Waals surface area contributed by atoms with Gasteiger partial charge in [-0.15, -0.1) is 0 Å². The van der Waals surface area contributed by atoms with Gasteiger partial charge in [-0.1, -0.05) is 45.6 Å². The van der Waals surface area contributed by atoms with E-state index in [0.29, 0.717) is 0 Å².